The number of halogens is 3. The van der Waals surface area contributed by atoms with Crippen LogP contribution < -0.4 is 5.32 Å². The summed E-state index contributed by atoms with van der Waals surface area (Å²) in [7, 11) is 3.63. The van der Waals surface area contributed by atoms with Crippen molar-refractivity contribution < 1.29 is 61.1 Å². The van der Waals surface area contributed by atoms with Crippen molar-refractivity contribution in [3.05, 3.63) is 0 Å². The fourth-order valence-electron chi connectivity index (χ4n) is 8.46. The van der Waals surface area contributed by atoms with E-state index in [1.165, 1.54) is 20.8 Å². The summed E-state index contributed by atoms with van der Waals surface area (Å²) in [5.74, 6) is -5.32. The van der Waals surface area contributed by atoms with Crippen LogP contribution in [0.25, 0.3) is 0 Å². The maximum Gasteiger partial charge on any atom is 0.471 e. The zero-order chi connectivity index (χ0) is 37.7. The van der Waals surface area contributed by atoms with Gasteiger partial charge in [0.25, 0.3) is 0 Å². The first-order valence-electron chi connectivity index (χ1n) is 17.4. The number of amides is 2. The van der Waals surface area contributed by atoms with E-state index in [0.29, 0.717) is 11.3 Å². The maximum absolute atomic E-state index is 14.6. The number of aliphatic hydroxyl groups excluding tert-OH is 1. The van der Waals surface area contributed by atoms with E-state index in [2.05, 4.69) is 5.32 Å². The molecule has 50 heavy (non-hydrogen) atoms. The Labute approximate surface area is 291 Å². The highest BCUT2D eigenvalue weighted by molar-refractivity contribution is 6.04. The van der Waals surface area contributed by atoms with E-state index in [9.17, 15) is 37.5 Å². The van der Waals surface area contributed by atoms with Gasteiger partial charge in [0, 0.05) is 25.1 Å². The number of alkyl halides is 3. The Morgan fingerprint density at radius 2 is 1.76 bits per heavy atom. The van der Waals surface area contributed by atoms with Crippen molar-refractivity contribution in [3.8, 4) is 0 Å². The summed E-state index contributed by atoms with van der Waals surface area (Å²) in [5, 5.41) is 13.9. The highest BCUT2D eigenvalue weighted by atomic mass is 19.4. The van der Waals surface area contributed by atoms with Gasteiger partial charge in [0.1, 0.15) is 17.6 Å². The number of carbonyl (C=O) groups is 4. The molecule has 5 aliphatic heterocycles. The number of nitrogens with zero attached hydrogens (tertiary/aromatic N) is 2. The summed E-state index contributed by atoms with van der Waals surface area (Å²) in [6, 6.07) is -2.86. The Bertz CT molecular complexity index is 1300. The predicted octanol–water partition coefficient (Wildman–Crippen LogP) is 3.20. The average Bonchev–Trinajstić information content (AvgIpc) is 3.33. The third-order valence-electron chi connectivity index (χ3n) is 11.3. The number of hydrogen-bond acceptors (Lipinski definition) is 11. The number of hydrogen-bond donors (Lipinski definition) is 2. The van der Waals surface area contributed by atoms with Crippen LogP contribution in [0.1, 0.15) is 81.1 Å². The average molecular weight is 722 g/mol. The molecule has 5 rings (SSSR count). The molecule has 2 amide bonds. The Balaban J connectivity index is 1.87. The van der Waals surface area contributed by atoms with Gasteiger partial charge in [-0.3, -0.25) is 14.4 Å². The molecule has 2 N–H and O–H groups in total. The predicted molar refractivity (Wildman–Crippen MR) is 172 cm³/mol. The second kappa shape index (κ2) is 14.5. The molecule has 0 saturated carbocycles. The van der Waals surface area contributed by atoms with Crippen molar-refractivity contribution in [3.63, 3.8) is 0 Å². The van der Waals surface area contributed by atoms with Crippen LogP contribution in [0.3, 0.4) is 0 Å². The van der Waals surface area contributed by atoms with E-state index in [1.54, 1.807) is 27.7 Å². The summed E-state index contributed by atoms with van der Waals surface area (Å²) in [6.45, 7) is 12.1. The number of carbonyl (C=O) groups excluding carboxylic acids is 4. The molecule has 13 atom stereocenters. The first-order valence-corrected chi connectivity index (χ1v) is 17.4. The molecule has 5 fully saturated rings. The zero-order valence-corrected chi connectivity index (χ0v) is 30.7. The lowest BCUT2D eigenvalue weighted by Crippen LogP contribution is -2.63. The molecule has 0 radical (unpaired) electrons. The molecule has 0 aliphatic carbocycles. The van der Waals surface area contributed by atoms with Gasteiger partial charge in [-0.2, -0.15) is 13.2 Å². The number of aliphatic hydroxyl groups is 1. The van der Waals surface area contributed by atoms with Crippen LogP contribution in [-0.2, 0) is 38.1 Å². The van der Waals surface area contributed by atoms with Crippen LogP contribution in [0.15, 0.2) is 0 Å². The normalized spacial score (nSPS) is 43.7. The fraction of sp³-hybridized carbons (Fsp3) is 0.882. The number of fused-ring (bicyclic) bond motifs is 10. The largest absolute Gasteiger partial charge is 0.471 e. The van der Waals surface area contributed by atoms with Crippen molar-refractivity contribution in [2.75, 3.05) is 27.2 Å². The number of Topliss-reactive ketones (excluding diaryl/α,β-unsaturated/α-hetero) is 1. The van der Waals surface area contributed by atoms with Crippen molar-refractivity contribution >= 4 is 23.8 Å². The standard InChI is InChI=1S/C34H54F3N3O10/c1-11-22-33(8)24(38-30(45)50-33)20(5)40(28(43)34(35,36)37)16-17(2)15-32(7)26(49-27-23(41)21(39(9)10)14-18(3)47-27)19(4)25(42)31(6,12-13-46-32)29(44)48-22/h17-24,26-27,41H,11-16H2,1-10H3,(H,38,45)/t17-,18?,19+,20-,21?,22-,23?,24-,26-,27+,31-,32-,33-/m1/s1. The first-order chi connectivity index (χ1) is 23.0. The van der Waals surface area contributed by atoms with Crippen LogP contribution in [0.4, 0.5) is 18.0 Å². The molecular formula is C34H54F3N3O10. The van der Waals surface area contributed by atoms with Crippen molar-refractivity contribution in [1.82, 2.24) is 15.1 Å². The zero-order valence-electron chi connectivity index (χ0n) is 30.7. The Morgan fingerprint density at radius 3 is 2.34 bits per heavy atom. The van der Waals surface area contributed by atoms with Crippen molar-refractivity contribution in [2.24, 2.45) is 17.3 Å². The van der Waals surface area contributed by atoms with E-state index >= 15 is 0 Å². The van der Waals surface area contributed by atoms with Gasteiger partial charge in [0.15, 0.2) is 17.7 Å². The molecule has 0 aromatic heterocycles. The van der Waals surface area contributed by atoms with Gasteiger partial charge in [-0.05, 0) is 80.3 Å². The van der Waals surface area contributed by atoms with Gasteiger partial charge in [-0.15, -0.1) is 0 Å². The number of esters is 1. The summed E-state index contributed by atoms with van der Waals surface area (Å²) in [6.07, 6.45) is -10.8. The molecule has 0 aromatic rings. The summed E-state index contributed by atoms with van der Waals surface area (Å²) >= 11 is 0. The number of ketones is 1. The maximum atomic E-state index is 14.6. The number of rotatable bonds is 4. The highest BCUT2D eigenvalue weighted by Gasteiger charge is 2.60. The molecule has 2 bridgehead atoms. The van der Waals surface area contributed by atoms with Crippen LogP contribution in [0, 0.1) is 17.3 Å². The molecule has 5 heterocycles. The topological polar surface area (TPSA) is 153 Å². The lowest BCUT2D eigenvalue weighted by molar-refractivity contribution is -0.300. The molecule has 5 aliphatic rings. The number of ether oxygens (including phenoxy) is 5. The molecule has 13 nitrogen and oxygen atoms in total. The molecule has 5 saturated heterocycles. The lowest BCUT2D eigenvalue weighted by atomic mass is 9.70. The smallest absolute Gasteiger partial charge is 0.457 e. The summed E-state index contributed by atoms with van der Waals surface area (Å²) < 4.78 is 73.2. The summed E-state index contributed by atoms with van der Waals surface area (Å²) in [5.41, 5.74) is -4.85. The van der Waals surface area contributed by atoms with Crippen LogP contribution >= 0.6 is 0 Å². The molecule has 16 heteroatoms. The second-order valence-corrected chi connectivity index (χ2v) is 15.5. The van der Waals surface area contributed by atoms with Crippen LogP contribution in [-0.4, -0.2) is 132 Å². The van der Waals surface area contributed by atoms with Gasteiger partial charge in [-0.25, -0.2) is 4.79 Å². The van der Waals surface area contributed by atoms with E-state index in [0.717, 1.165) is 0 Å². The van der Waals surface area contributed by atoms with E-state index in [-0.39, 0.29) is 38.0 Å². The SMILES string of the molecule is CC[C@H]1OC(=O)[C@]2(C)CCO[C@](C)(C[C@@H](C)CN(C(=O)C(F)(F)F)[C@H](C)[C@H]3NC(=O)O[C@@]31C)[C@H](O[C@@H]1OC(C)CC(N(C)C)C1O)[C@@H](C)C2=O. The van der Waals surface area contributed by atoms with Crippen LogP contribution in [0.5, 0.6) is 0 Å². The first kappa shape index (κ1) is 40.2. The van der Waals surface area contributed by atoms with Gasteiger partial charge >= 0.3 is 24.1 Å². The number of alkyl carbamates (subject to hydrolysis) is 1. The van der Waals surface area contributed by atoms with E-state index in [1.807, 2.05) is 25.9 Å². The molecule has 0 aromatic carbocycles. The van der Waals surface area contributed by atoms with Crippen molar-refractivity contribution in [2.45, 2.75) is 147 Å². The Hall–Kier alpha value is -2.53. The lowest BCUT2D eigenvalue weighted by Gasteiger charge is -2.49. The second-order valence-electron chi connectivity index (χ2n) is 15.5. The van der Waals surface area contributed by atoms with Gasteiger partial charge in [0.2, 0.25) is 0 Å². The fourth-order valence-corrected chi connectivity index (χ4v) is 8.46. The minimum atomic E-state index is -5.25. The third-order valence-corrected chi connectivity index (χ3v) is 11.3. The van der Waals surface area contributed by atoms with Crippen LogP contribution in [0.2, 0.25) is 0 Å². The minimum absolute atomic E-state index is 0.00264. The third kappa shape index (κ3) is 7.50. The Kier molecular flexibility index (Phi) is 11.7. The molecule has 0 spiro atoms. The van der Waals surface area contributed by atoms with E-state index < -0.39 is 102 Å². The number of likely N-dealkylation sites (N-methyl/N-ethyl adjacent to an activating group) is 1. The molecular weight excluding hydrogens is 667 g/mol. The number of nitrogens with one attached hydrogen (secondary N) is 1. The molecule has 3 unspecified atom stereocenters. The van der Waals surface area contributed by atoms with Gasteiger partial charge in [0.05, 0.1) is 29.9 Å². The summed E-state index contributed by atoms with van der Waals surface area (Å²) in [4.78, 5) is 57.0. The Morgan fingerprint density at radius 1 is 1.12 bits per heavy atom. The highest BCUT2D eigenvalue weighted by Crippen LogP contribution is 2.44. The van der Waals surface area contributed by atoms with Crippen molar-refractivity contribution in [1.29, 1.82) is 0 Å². The quantitative estimate of drug-likeness (QED) is 0.325. The monoisotopic (exact) mass is 721 g/mol. The van der Waals surface area contributed by atoms with Gasteiger partial charge in [-0.1, -0.05) is 20.8 Å². The van der Waals surface area contributed by atoms with Gasteiger partial charge < -0.3 is 43.9 Å². The molecule has 286 valence electrons. The minimum Gasteiger partial charge on any atom is -0.457 e. The van der Waals surface area contributed by atoms with E-state index in [4.69, 9.17) is 23.7 Å².